The van der Waals surface area contributed by atoms with Gasteiger partial charge in [0.05, 0.1) is 5.02 Å². The highest BCUT2D eigenvalue weighted by Crippen LogP contribution is 2.23. The first-order valence-corrected chi connectivity index (χ1v) is 7.69. The molecule has 4 nitrogen and oxygen atoms in total. The molecule has 23 heavy (non-hydrogen) atoms. The lowest BCUT2D eigenvalue weighted by atomic mass is 10.1. The number of amides is 1. The quantitative estimate of drug-likeness (QED) is 0.755. The molecule has 0 N–H and O–H groups in total. The Hall–Kier alpha value is -2.20. The molecular formula is C18H20ClNO3. The van der Waals surface area contributed by atoms with Crippen molar-refractivity contribution in [1.29, 1.82) is 0 Å². The summed E-state index contributed by atoms with van der Waals surface area (Å²) >= 11 is 6.02. The number of hydrogen-bond donors (Lipinski definition) is 0. The smallest absolute Gasteiger partial charge is 0.253 e. The Balaban J connectivity index is 1.94. The van der Waals surface area contributed by atoms with Gasteiger partial charge in [-0.3, -0.25) is 4.79 Å². The number of halogens is 1. The second-order valence-electron chi connectivity index (χ2n) is 5.31. The predicted octanol–water partition coefficient (Wildman–Crippen LogP) is 3.81. The van der Waals surface area contributed by atoms with Crippen LogP contribution in [0.25, 0.3) is 0 Å². The van der Waals surface area contributed by atoms with Crippen molar-refractivity contribution in [3.63, 3.8) is 0 Å². The molecule has 0 unspecified atom stereocenters. The minimum Gasteiger partial charge on any atom is -0.490 e. The molecule has 2 rings (SSSR count). The highest BCUT2D eigenvalue weighted by Gasteiger charge is 2.10. The summed E-state index contributed by atoms with van der Waals surface area (Å²) in [6.45, 7) is 2.68. The molecule has 0 saturated carbocycles. The Bertz CT molecular complexity index is 686. The number of ether oxygens (including phenoxy) is 2. The maximum absolute atomic E-state index is 12.0. The molecule has 0 fully saturated rings. The molecule has 1 amide bonds. The Morgan fingerprint density at radius 3 is 2.35 bits per heavy atom. The highest BCUT2D eigenvalue weighted by atomic mass is 35.5. The lowest BCUT2D eigenvalue weighted by Crippen LogP contribution is -2.21. The first kappa shape index (κ1) is 17.2. The molecule has 122 valence electrons. The summed E-state index contributed by atoms with van der Waals surface area (Å²) in [7, 11) is 3.44. The van der Waals surface area contributed by atoms with Crippen molar-refractivity contribution in [2.45, 2.75) is 6.92 Å². The first-order valence-electron chi connectivity index (χ1n) is 7.31. The van der Waals surface area contributed by atoms with Crippen LogP contribution in [0.15, 0.2) is 42.5 Å². The minimum absolute atomic E-state index is 0.0535. The van der Waals surface area contributed by atoms with Crippen molar-refractivity contribution in [2.24, 2.45) is 0 Å². The monoisotopic (exact) mass is 333 g/mol. The summed E-state index contributed by atoms with van der Waals surface area (Å²) < 4.78 is 11.3. The molecular weight excluding hydrogens is 314 g/mol. The van der Waals surface area contributed by atoms with Crippen LogP contribution in [0, 0.1) is 6.92 Å². The average molecular weight is 334 g/mol. The van der Waals surface area contributed by atoms with Gasteiger partial charge in [-0.2, -0.15) is 0 Å². The molecule has 0 saturated heterocycles. The molecule has 0 aliphatic carbocycles. The molecule has 2 aromatic carbocycles. The average Bonchev–Trinajstić information content (AvgIpc) is 2.53. The van der Waals surface area contributed by atoms with Gasteiger partial charge in [0.1, 0.15) is 24.7 Å². The van der Waals surface area contributed by atoms with E-state index in [1.165, 1.54) is 4.90 Å². The SMILES string of the molecule is Cc1ccc(C(=O)N(C)C)cc1OCCOc1ccccc1Cl. The zero-order valence-corrected chi connectivity index (χ0v) is 14.3. The zero-order valence-electron chi connectivity index (χ0n) is 13.5. The van der Waals surface area contributed by atoms with E-state index >= 15 is 0 Å². The van der Waals surface area contributed by atoms with Crippen molar-refractivity contribution in [3.05, 3.63) is 58.6 Å². The van der Waals surface area contributed by atoms with Crippen molar-refractivity contribution in [2.75, 3.05) is 27.3 Å². The Labute approximate surface area is 141 Å². The minimum atomic E-state index is -0.0535. The number of para-hydroxylation sites is 1. The molecule has 0 spiro atoms. The van der Waals surface area contributed by atoms with E-state index < -0.39 is 0 Å². The molecule has 5 heteroatoms. The number of aryl methyl sites for hydroxylation is 1. The second-order valence-corrected chi connectivity index (χ2v) is 5.71. The molecule has 0 aliphatic rings. The summed E-state index contributed by atoms with van der Waals surface area (Å²) in [6, 6.07) is 12.7. The molecule has 0 radical (unpaired) electrons. The summed E-state index contributed by atoms with van der Waals surface area (Å²) in [5, 5.41) is 0.572. The van der Waals surface area contributed by atoms with Gasteiger partial charge in [-0.25, -0.2) is 0 Å². The van der Waals surface area contributed by atoms with Crippen LogP contribution in [0.1, 0.15) is 15.9 Å². The lowest BCUT2D eigenvalue weighted by molar-refractivity contribution is 0.0827. The molecule has 0 heterocycles. The van der Waals surface area contributed by atoms with Gasteiger partial charge in [0.15, 0.2) is 0 Å². The first-order chi connectivity index (χ1) is 11.0. The van der Waals surface area contributed by atoms with Gasteiger partial charge < -0.3 is 14.4 Å². The van der Waals surface area contributed by atoms with Gasteiger partial charge in [0, 0.05) is 19.7 Å². The number of nitrogens with zero attached hydrogens (tertiary/aromatic N) is 1. The van der Waals surface area contributed by atoms with E-state index in [4.69, 9.17) is 21.1 Å². The normalized spacial score (nSPS) is 10.3. The third-order valence-corrected chi connectivity index (χ3v) is 3.59. The number of hydrogen-bond acceptors (Lipinski definition) is 3. The van der Waals surface area contributed by atoms with E-state index in [9.17, 15) is 4.79 Å². The number of carbonyl (C=O) groups excluding carboxylic acids is 1. The van der Waals surface area contributed by atoms with Crippen LogP contribution in [-0.4, -0.2) is 38.1 Å². The van der Waals surface area contributed by atoms with Gasteiger partial charge in [0.2, 0.25) is 0 Å². The van der Waals surface area contributed by atoms with E-state index in [0.29, 0.717) is 35.3 Å². The van der Waals surface area contributed by atoms with Crippen molar-refractivity contribution in [1.82, 2.24) is 4.90 Å². The number of carbonyl (C=O) groups is 1. The molecule has 0 bridgehead atoms. The maximum Gasteiger partial charge on any atom is 0.253 e. The van der Waals surface area contributed by atoms with E-state index in [-0.39, 0.29) is 5.91 Å². The maximum atomic E-state index is 12.0. The number of rotatable bonds is 6. The van der Waals surface area contributed by atoms with Crippen LogP contribution in [0.4, 0.5) is 0 Å². The molecule has 0 atom stereocenters. The van der Waals surface area contributed by atoms with Gasteiger partial charge in [-0.05, 0) is 36.8 Å². The predicted molar refractivity (Wildman–Crippen MR) is 91.6 cm³/mol. The van der Waals surface area contributed by atoms with Crippen LogP contribution in [-0.2, 0) is 0 Å². The zero-order chi connectivity index (χ0) is 16.8. The standard InChI is InChI=1S/C18H20ClNO3/c1-13-8-9-14(18(21)20(2)3)12-17(13)23-11-10-22-16-7-5-4-6-15(16)19/h4-9,12H,10-11H2,1-3H3. The Morgan fingerprint density at radius 1 is 1.04 bits per heavy atom. The van der Waals surface area contributed by atoms with Gasteiger partial charge in [-0.1, -0.05) is 29.8 Å². The van der Waals surface area contributed by atoms with Crippen LogP contribution in [0.2, 0.25) is 5.02 Å². The van der Waals surface area contributed by atoms with E-state index in [1.54, 1.807) is 32.3 Å². The van der Waals surface area contributed by atoms with Crippen LogP contribution >= 0.6 is 11.6 Å². The van der Waals surface area contributed by atoms with E-state index in [1.807, 2.05) is 31.2 Å². The molecule has 0 aromatic heterocycles. The topological polar surface area (TPSA) is 38.8 Å². The third-order valence-electron chi connectivity index (χ3n) is 3.28. The molecule has 2 aromatic rings. The van der Waals surface area contributed by atoms with Crippen LogP contribution in [0.5, 0.6) is 11.5 Å². The summed E-state index contributed by atoms with van der Waals surface area (Å²) in [4.78, 5) is 13.5. The summed E-state index contributed by atoms with van der Waals surface area (Å²) in [5.74, 6) is 1.26. The van der Waals surface area contributed by atoms with Crippen LogP contribution < -0.4 is 9.47 Å². The summed E-state index contributed by atoms with van der Waals surface area (Å²) in [6.07, 6.45) is 0. The van der Waals surface area contributed by atoms with E-state index in [0.717, 1.165) is 5.56 Å². The van der Waals surface area contributed by atoms with Crippen molar-refractivity contribution >= 4 is 17.5 Å². The fourth-order valence-electron chi connectivity index (χ4n) is 2.01. The Kier molecular flexibility index (Phi) is 5.88. The van der Waals surface area contributed by atoms with Crippen molar-refractivity contribution in [3.8, 4) is 11.5 Å². The highest BCUT2D eigenvalue weighted by molar-refractivity contribution is 6.32. The lowest BCUT2D eigenvalue weighted by Gasteiger charge is -2.14. The van der Waals surface area contributed by atoms with Gasteiger partial charge >= 0.3 is 0 Å². The Morgan fingerprint density at radius 2 is 1.70 bits per heavy atom. The van der Waals surface area contributed by atoms with Gasteiger partial charge in [-0.15, -0.1) is 0 Å². The fourth-order valence-corrected chi connectivity index (χ4v) is 2.20. The largest absolute Gasteiger partial charge is 0.490 e. The molecule has 0 aliphatic heterocycles. The number of benzene rings is 2. The van der Waals surface area contributed by atoms with Gasteiger partial charge in [0.25, 0.3) is 5.91 Å². The fraction of sp³-hybridized carbons (Fsp3) is 0.278. The second kappa shape index (κ2) is 7.88. The summed E-state index contributed by atoms with van der Waals surface area (Å²) in [5.41, 5.74) is 1.57. The van der Waals surface area contributed by atoms with Crippen molar-refractivity contribution < 1.29 is 14.3 Å². The van der Waals surface area contributed by atoms with E-state index in [2.05, 4.69) is 0 Å². The van der Waals surface area contributed by atoms with Crippen LogP contribution in [0.3, 0.4) is 0 Å². The third kappa shape index (κ3) is 4.63.